The van der Waals surface area contributed by atoms with E-state index in [0.717, 1.165) is 16.9 Å². The van der Waals surface area contributed by atoms with Gasteiger partial charge in [-0.3, -0.25) is 4.79 Å². The second kappa shape index (κ2) is 8.56. The van der Waals surface area contributed by atoms with Crippen LogP contribution in [-0.2, 0) is 21.2 Å². The lowest BCUT2D eigenvalue weighted by molar-refractivity contribution is -0.128. The molecule has 1 aliphatic rings. The number of halogens is 1. The van der Waals surface area contributed by atoms with Crippen molar-refractivity contribution in [3.8, 4) is 5.75 Å². The highest BCUT2D eigenvalue weighted by Crippen LogP contribution is 2.21. The van der Waals surface area contributed by atoms with E-state index < -0.39 is 9.84 Å². The number of carbonyl (C=O) groups excluding carboxylic acids is 1. The number of ether oxygens (including phenoxy) is 1. The van der Waals surface area contributed by atoms with Crippen molar-refractivity contribution in [2.24, 2.45) is 0 Å². The van der Waals surface area contributed by atoms with E-state index in [1.807, 2.05) is 12.1 Å². The summed E-state index contributed by atoms with van der Waals surface area (Å²) in [6, 6.07) is 12.7. The van der Waals surface area contributed by atoms with Crippen LogP contribution in [0.5, 0.6) is 5.75 Å². The van der Waals surface area contributed by atoms with Crippen LogP contribution in [-0.4, -0.2) is 43.9 Å². The minimum absolute atomic E-state index is 0.0453. The molecule has 1 heterocycles. The Labute approximate surface area is 164 Å². The molecule has 0 aliphatic carbocycles. The molecule has 0 saturated carbocycles. The first-order valence-corrected chi connectivity index (χ1v) is 10.8. The summed E-state index contributed by atoms with van der Waals surface area (Å²) in [6.07, 6.45) is 3.53. The van der Waals surface area contributed by atoms with E-state index in [-0.39, 0.29) is 35.8 Å². The van der Waals surface area contributed by atoms with Crippen molar-refractivity contribution in [2.75, 3.05) is 18.6 Å². The van der Waals surface area contributed by atoms with Gasteiger partial charge in [-0.1, -0.05) is 24.3 Å². The van der Waals surface area contributed by atoms with Crippen LogP contribution >= 0.6 is 0 Å². The quantitative estimate of drug-likeness (QED) is 0.696. The smallest absolute Gasteiger partial charge is 0.247 e. The van der Waals surface area contributed by atoms with Gasteiger partial charge in [0.25, 0.3) is 0 Å². The zero-order chi connectivity index (χ0) is 20.1. The number of benzene rings is 2. The highest BCUT2D eigenvalue weighted by atomic mass is 32.2. The van der Waals surface area contributed by atoms with E-state index in [1.165, 1.54) is 18.2 Å². The summed E-state index contributed by atoms with van der Waals surface area (Å²) in [5, 5.41) is 0. The van der Waals surface area contributed by atoms with Crippen LogP contribution in [0.25, 0.3) is 6.08 Å². The summed E-state index contributed by atoms with van der Waals surface area (Å²) in [5.41, 5.74) is 1.58. The largest absolute Gasteiger partial charge is 0.497 e. The predicted molar refractivity (Wildman–Crippen MR) is 106 cm³/mol. The fourth-order valence-corrected chi connectivity index (χ4v) is 4.90. The van der Waals surface area contributed by atoms with Gasteiger partial charge in [0.1, 0.15) is 11.6 Å². The first-order chi connectivity index (χ1) is 13.4. The minimum Gasteiger partial charge on any atom is -0.497 e. The van der Waals surface area contributed by atoms with Crippen molar-refractivity contribution in [3.05, 3.63) is 71.6 Å². The summed E-state index contributed by atoms with van der Waals surface area (Å²) in [6.45, 7) is 0.228. The highest BCUT2D eigenvalue weighted by molar-refractivity contribution is 7.91. The van der Waals surface area contributed by atoms with Gasteiger partial charge in [0.15, 0.2) is 9.84 Å². The van der Waals surface area contributed by atoms with E-state index >= 15 is 0 Å². The Morgan fingerprint density at radius 1 is 1.18 bits per heavy atom. The highest BCUT2D eigenvalue weighted by Gasteiger charge is 2.34. The molecule has 7 heteroatoms. The lowest BCUT2D eigenvalue weighted by Gasteiger charge is -2.27. The Morgan fingerprint density at radius 2 is 1.86 bits per heavy atom. The molecular weight excluding hydrogens is 381 g/mol. The van der Waals surface area contributed by atoms with Crippen LogP contribution < -0.4 is 4.74 Å². The van der Waals surface area contributed by atoms with Gasteiger partial charge in [0, 0.05) is 18.7 Å². The normalized spacial score (nSPS) is 18.3. The van der Waals surface area contributed by atoms with Crippen molar-refractivity contribution < 1.29 is 22.3 Å². The number of methoxy groups -OCH3 is 1. The van der Waals surface area contributed by atoms with Crippen LogP contribution in [0.1, 0.15) is 17.5 Å². The number of rotatable bonds is 6. The number of carbonyl (C=O) groups is 1. The molecule has 1 fully saturated rings. The fourth-order valence-electron chi connectivity index (χ4n) is 3.17. The minimum atomic E-state index is -3.14. The average molecular weight is 403 g/mol. The maximum atomic E-state index is 13.2. The second-order valence-corrected chi connectivity index (χ2v) is 8.98. The average Bonchev–Trinajstić information content (AvgIpc) is 3.05. The molecule has 0 radical (unpaired) electrons. The molecule has 0 N–H and O–H groups in total. The molecule has 2 aromatic rings. The van der Waals surface area contributed by atoms with E-state index in [4.69, 9.17) is 4.74 Å². The van der Waals surface area contributed by atoms with Gasteiger partial charge in [0.05, 0.1) is 18.6 Å². The second-order valence-electron chi connectivity index (χ2n) is 6.76. The van der Waals surface area contributed by atoms with Crippen molar-refractivity contribution in [3.63, 3.8) is 0 Å². The SMILES string of the molecule is COc1ccc(C=CC(=O)N(Cc2ccc(F)cc2)C2CCS(=O)(=O)C2)cc1. The van der Waals surface area contributed by atoms with E-state index in [2.05, 4.69) is 0 Å². The third-order valence-corrected chi connectivity index (χ3v) is 6.48. The lowest BCUT2D eigenvalue weighted by atomic mass is 10.1. The van der Waals surface area contributed by atoms with Crippen LogP contribution in [0.2, 0.25) is 0 Å². The predicted octanol–water partition coefficient (Wildman–Crippen LogP) is 3.06. The van der Waals surface area contributed by atoms with Gasteiger partial charge in [-0.25, -0.2) is 12.8 Å². The Morgan fingerprint density at radius 3 is 2.43 bits per heavy atom. The molecule has 148 valence electrons. The molecule has 28 heavy (non-hydrogen) atoms. The van der Waals surface area contributed by atoms with E-state index in [0.29, 0.717) is 6.42 Å². The van der Waals surface area contributed by atoms with Crippen molar-refractivity contribution in [1.82, 2.24) is 4.90 Å². The van der Waals surface area contributed by atoms with Crippen molar-refractivity contribution in [1.29, 1.82) is 0 Å². The van der Waals surface area contributed by atoms with Crippen LogP contribution in [0, 0.1) is 5.82 Å². The Hall–Kier alpha value is -2.67. The maximum absolute atomic E-state index is 13.2. The summed E-state index contributed by atoms with van der Waals surface area (Å²) in [5.74, 6) is 0.118. The van der Waals surface area contributed by atoms with Gasteiger partial charge in [-0.2, -0.15) is 0 Å². The fraction of sp³-hybridized carbons (Fsp3) is 0.286. The zero-order valence-corrected chi connectivity index (χ0v) is 16.4. The Balaban J connectivity index is 1.79. The topological polar surface area (TPSA) is 63.7 Å². The van der Waals surface area contributed by atoms with Gasteiger partial charge in [-0.05, 0) is 47.9 Å². The number of sulfone groups is 1. The molecule has 0 aromatic heterocycles. The third kappa shape index (κ3) is 5.19. The van der Waals surface area contributed by atoms with Crippen molar-refractivity contribution in [2.45, 2.75) is 19.0 Å². The van der Waals surface area contributed by atoms with E-state index in [9.17, 15) is 17.6 Å². The van der Waals surface area contributed by atoms with Crippen LogP contribution in [0.3, 0.4) is 0 Å². The number of nitrogens with zero attached hydrogens (tertiary/aromatic N) is 1. The van der Waals surface area contributed by atoms with Crippen LogP contribution in [0.4, 0.5) is 4.39 Å². The first kappa shape index (κ1) is 20.1. The molecule has 0 bridgehead atoms. The molecule has 5 nitrogen and oxygen atoms in total. The van der Waals surface area contributed by atoms with Gasteiger partial charge >= 0.3 is 0 Å². The van der Waals surface area contributed by atoms with Crippen LogP contribution in [0.15, 0.2) is 54.6 Å². The van der Waals surface area contributed by atoms with Gasteiger partial charge < -0.3 is 9.64 Å². The summed E-state index contributed by atoms with van der Waals surface area (Å²) in [7, 11) is -1.56. The Bertz CT molecular complexity index is 953. The molecule has 1 amide bonds. The van der Waals surface area contributed by atoms with E-state index in [1.54, 1.807) is 42.4 Å². The number of hydrogen-bond donors (Lipinski definition) is 0. The molecule has 3 rings (SSSR count). The summed E-state index contributed by atoms with van der Waals surface area (Å²) < 4.78 is 42.1. The molecule has 2 aromatic carbocycles. The van der Waals surface area contributed by atoms with Gasteiger partial charge in [0.2, 0.25) is 5.91 Å². The molecule has 1 aliphatic heterocycles. The maximum Gasteiger partial charge on any atom is 0.247 e. The number of hydrogen-bond acceptors (Lipinski definition) is 4. The zero-order valence-electron chi connectivity index (χ0n) is 15.5. The lowest BCUT2D eigenvalue weighted by Crippen LogP contribution is -2.39. The number of amides is 1. The molecule has 1 atom stereocenters. The monoisotopic (exact) mass is 403 g/mol. The molecule has 0 spiro atoms. The first-order valence-electron chi connectivity index (χ1n) is 8.94. The molecule has 1 unspecified atom stereocenters. The molecular formula is C21H22FNO4S. The van der Waals surface area contributed by atoms with Crippen molar-refractivity contribution >= 4 is 21.8 Å². The van der Waals surface area contributed by atoms with Gasteiger partial charge in [-0.15, -0.1) is 0 Å². The third-order valence-electron chi connectivity index (χ3n) is 4.73. The Kier molecular flexibility index (Phi) is 6.14. The standard InChI is InChI=1S/C21H22FNO4S/c1-27-20-9-4-16(5-10-20)6-11-21(24)23(19-12-13-28(25,26)15-19)14-17-2-7-18(22)8-3-17/h2-11,19H,12-15H2,1H3. The molecule has 1 saturated heterocycles. The summed E-state index contributed by atoms with van der Waals surface area (Å²) in [4.78, 5) is 14.4. The summed E-state index contributed by atoms with van der Waals surface area (Å²) >= 11 is 0.